The van der Waals surface area contributed by atoms with Gasteiger partial charge in [0.25, 0.3) is 0 Å². The van der Waals surface area contributed by atoms with E-state index in [-0.39, 0.29) is 6.04 Å². The van der Waals surface area contributed by atoms with Gasteiger partial charge in [-0.05, 0) is 19.4 Å². The van der Waals surface area contributed by atoms with Gasteiger partial charge in [-0.1, -0.05) is 43.7 Å². The van der Waals surface area contributed by atoms with Crippen molar-refractivity contribution in [2.75, 3.05) is 11.9 Å². The van der Waals surface area contributed by atoms with Gasteiger partial charge in [-0.3, -0.25) is 0 Å². The van der Waals surface area contributed by atoms with Gasteiger partial charge >= 0.3 is 0 Å². The van der Waals surface area contributed by atoms with Crippen LogP contribution in [0, 0.1) is 0 Å². The van der Waals surface area contributed by atoms with E-state index in [1.54, 1.807) is 0 Å². The zero-order valence-electron chi connectivity index (χ0n) is 15.9. The second-order valence-corrected chi connectivity index (χ2v) is 7.00. The predicted octanol–water partition coefficient (Wildman–Crippen LogP) is 3.48. The number of nitrogens with zero attached hydrogens (tertiary/aromatic N) is 4. The summed E-state index contributed by atoms with van der Waals surface area (Å²) in [5.41, 5.74) is 3.36. The Balaban J connectivity index is 1.75. The fourth-order valence-electron chi connectivity index (χ4n) is 3.63. The maximum atomic E-state index is 4.93. The van der Waals surface area contributed by atoms with Gasteiger partial charge < -0.3 is 15.2 Å². The fraction of sp³-hybridized carbons (Fsp3) is 0.381. The van der Waals surface area contributed by atoms with Crippen LogP contribution >= 0.6 is 0 Å². The van der Waals surface area contributed by atoms with Crippen LogP contribution in [-0.2, 0) is 20.0 Å². The molecule has 3 heterocycles. The number of anilines is 1. The van der Waals surface area contributed by atoms with Gasteiger partial charge in [0.2, 0.25) is 0 Å². The van der Waals surface area contributed by atoms with Gasteiger partial charge in [0.1, 0.15) is 11.6 Å². The quantitative estimate of drug-likeness (QED) is 0.703. The number of nitrogens with one attached hydrogen (secondary N) is 2. The molecule has 0 bridgehead atoms. The first-order chi connectivity index (χ1) is 13.3. The Morgan fingerprint density at radius 3 is 2.81 bits per heavy atom. The number of hydrogen-bond donors (Lipinski definition) is 2. The lowest BCUT2D eigenvalue weighted by Crippen LogP contribution is -2.27. The molecule has 0 radical (unpaired) electrons. The van der Waals surface area contributed by atoms with E-state index < -0.39 is 0 Å². The zero-order chi connectivity index (χ0) is 18.6. The Labute approximate surface area is 160 Å². The van der Waals surface area contributed by atoms with E-state index in [1.807, 2.05) is 37.6 Å². The largest absolute Gasteiger partial charge is 0.360 e. The van der Waals surface area contributed by atoms with Crippen LogP contribution in [0.15, 0.2) is 42.7 Å². The lowest BCUT2D eigenvalue weighted by Gasteiger charge is -2.24. The smallest absolute Gasteiger partial charge is 0.161 e. The van der Waals surface area contributed by atoms with Gasteiger partial charge in [0, 0.05) is 37.1 Å². The monoisotopic (exact) mass is 362 g/mol. The van der Waals surface area contributed by atoms with Crippen LogP contribution in [0.1, 0.15) is 42.9 Å². The van der Waals surface area contributed by atoms with Gasteiger partial charge in [-0.2, -0.15) is 0 Å². The van der Waals surface area contributed by atoms with Gasteiger partial charge in [0.15, 0.2) is 5.82 Å². The van der Waals surface area contributed by atoms with Crippen LogP contribution in [0.5, 0.6) is 0 Å². The third-order valence-corrected chi connectivity index (χ3v) is 5.03. The molecular weight excluding hydrogens is 336 g/mol. The molecule has 1 aliphatic heterocycles. The molecule has 2 N–H and O–H groups in total. The van der Waals surface area contributed by atoms with Crippen LogP contribution in [0.2, 0.25) is 0 Å². The third-order valence-electron chi connectivity index (χ3n) is 5.03. The summed E-state index contributed by atoms with van der Waals surface area (Å²) >= 11 is 0. The highest BCUT2D eigenvalue weighted by Gasteiger charge is 2.22. The van der Waals surface area contributed by atoms with Crippen LogP contribution < -0.4 is 10.6 Å². The number of benzene rings is 1. The molecule has 6 nitrogen and oxygen atoms in total. The maximum Gasteiger partial charge on any atom is 0.161 e. The van der Waals surface area contributed by atoms with E-state index in [2.05, 4.69) is 39.2 Å². The molecule has 1 atom stereocenters. The Morgan fingerprint density at radius 2 is 2.07 bits per heavy atom. The normalized spacial score (nSPS) is 14.6. The Hall–Kier alpha value is -2.73. The third kappa shape index (κ3) is 3.71. The number of aromatic nitrogens is 4. The minimum atomic E-state index is 0.132. The number of hydrogen-bond acceptors (Lipinski definition) is 5. The molecule has 0 spiro atoms. The highest BCUT2D eigenvalue weighted by Crippen LogP contribution is 2.29. The van der Waals surface area contributed by atoms with Gasteiger partial charge in [-0.15, -0.1) is 0 Å². The molecule has 0 aliphatic carbocycles. The molecule has 4 rings (SSSR count). The molecule has 27 heavy (non-hydrogen) atoms. The molecular formula is C21H26N6. The predicted molar refractivity (Wildman–Crippen MR) is 107 cm³/mol. The zero-order valence-corrected chi connectivity index (χ0v) is 15.9. The second kappa shape index (κ2) is 7.88. The van der Waals surface area contributed by atoms with Gasteiger partial charge in [0.05, 0.1) is 11.7 Å². The van der Waals surface area contributed by atoms with E-state index in [4.69, 9.17) is 9.97 Å². The molecule has 0 saturated heterocycles. The lowest BCUT2D eigenvalue weighted by molar-refractivity contribution is 0.600. The topological polar surface area (TPSA) is 67.7 Å². The fourth-order valence-corrected chi connectivity index (χ4v) is 3.63. The highest BCUT2D eigenvalue weighted by atomic mass is 15.1. The number of fused-ring (bicyclic) bond motifs is 1. The van der Waals surface area contributed by atoms with E-state index in [0.717, 1.165) is 61.1 Å². The first-order valence-electron chi connectivity index (χ1n) is 9.66. The molecule has 6 heteroatoms. The second-order valence-electron chi connectivity index (χ2n) is 7.00. The van der Waals surface area contributed by atoms with Crippen molar-refractivity contribution in [2.24, 2.45) is 7.05 Å². The summed E-state index contributed by atoms with van der Waals surface area (Å²) < 4.78 is 2.08. The van der Waals surface area contributed by atoms with Crippen molar-refractivity contribution in [3.63, 3.8) is 0 Å². The summed E-state index contributed by atoms with van der Waals surface area (Å²) in [6, 6.07) is 10.3. The Morgan fingerprint density at radius 1 is 1.22 bits per heavy atom. The standard InChI is InChI=1S/C21H26N6/c1-3-7-17(21-23-12-13-27(21)2)24-20-16-10-11-22-14-18(16)25-19(26-20)15-8-5-4-6-9-15/h4-6,8-9,12-13,17,22H,3,7,10-11,14H2,1-2H3,(H,24,25,26)/t17-/m0/s1. The summed E-state index contributed by atoms with van der Waals surface area (Å²) in [6.45, 7) is 3.94. The molecule has 1 aromatic carbocycles. The summed E-state index contributed by atoms with van der Waals surface area (Å²) in [7, 11) is 2.04. The molecule has 0 saturated carbocycles. The highest BCUT2D eigenvalue weighted by molar-refractivity contribution is 5.60. The minimum Gasteiger partial charge on any atom is -0.360 e. The van der Waals surface area contributed by atoms with Crippen LogP contribution in [0.25, 0.3) is 11.4 Å². The molecule has 0 unspecified atom stereocenters. The first kappa shape index (κ1) is 17.7. The summed E-state index contributed by atoms with van der Waals surface area (Å²) in [5.74, 6) is 2.76. The Bertz CT molecular complexity index is 902. The summed E-state index contributed by atoms with van der Waals surface area (Å²) in [5, 5.41) is 7.13. The number of imidazole rings is 1. The molecule has 1 aliphatic rings. The Kier molecular flexibility index (Phi) is 5.16. The first-order valence-corrected chi connectivity index (χ1v) is 9.66. The van der Waals surface area contributed by atoms with Crippen LogP contribution in [0.4, 0.5) is 5.82 Å². The van der Waals surface area contributed by atoms with Crippen molar-refractivity contribution >= 4 is 5.82 Å². The van der Waals surface area contributed by atoms with Crippen molar-refractivity contribution in [3.8, 4) is 11.4 Å². The van der Waals surface area contributed by atoms with Crippen molar-refractivity contribution < 1.29 is 0 Å². The SMILES string of the molecule is CCC[C@H](Nc1nc(-c2ccccc2)nc2c1CCNC2)c1nccn1C. The van der Waals surface area contributed by atoms with Gasteiger partial charge in [-0.25, -0.2) is 15.0 Å². The average Bonchev–Trinajstić information content (AvgIpc) is 3.14. The summed E-state index contributed by atoms with van der Waals surface area (Å²) in [6.07, 6.45) is 6.86. The van der Waals surface area contributed by atoms with Crippen molar-refractivity contribution in [3.05, 3.63) is 59.8 Å². The number of aryl methyl sites for hydroxylation is 1. The van der Waals surface area contributed by atoms with E-state index in [1.165, 1.54) is 5.56 Å². The average molecular weight is 362 g/mol. The maximum absolute atomic E-state index is 4.93. The lowest BCUT2D eigenvalue weighted by atomic mass is 10.0. The van der Waals surface area contributed by atoms with Crippen molar-refractivity contribution in [2.45, 2.75) is 38.8 Å². The van der Waals surface area contributed by atoms with E-state index in [9.17, 15) is 0 Å². The van der Waals surface area contributed by atoms with E-state index >= 15 is 0 Å². The molecule has 2 aromatic heterocycles. The number of rotatable bonds is 6. The van der Waals surface area contributed by atoms with Crippen LogP contribution in [-0.4, -0.2) is 26.1 Å². The molecule has 0 amide bonds. The summed E-state index contributed by atoms with van der Waals surface area (Å²) in [4.78, 5) is 14.3. The van der Waals surface area contributed by atoms with Crippen LogP contribution in [0.3, 0.4) is 0 Å². The van der Waals surface area contributed by atoms with Crippen molar-refractivity contribution in [1.82, 2.24) is 24.8 Å². The minimum absolute atomic E-state index is 0.132. The van der Waals surface area contributed by atoms with E-state index in [0.29, 0.717) is 0 Å². The molecule has 140 valence electrons. The van der Waals surface area contributed by atoms with Crippen molar-refractivity contribution in [1.29, 1.82) is 0 Å². The molecule has 0 fully saturated rings. The molecule has 3 aromatic rings.